The fraction of sp³-hybridized carbons (Fsp3) is 0.500. The molecule has 0 saturated carbocycles. The highest BCUT2D eigenvalue weighted by atomic mass is 79.9. The number of pyridine rings is 1. The van der Waals surface area contributed by atoms with Gasteiger partial charge in [0.2, 0.25) is 5.91 Å². The number of carbonyl (C=O) groups is 1. The van der Waals surface area contributed by atoms with Gasteiger partial charge in [-0.3, -0.25) is 4.79 Å². The number of amides is 1. The molecule has 1 saturated heterocycles. The number of hydrogen-bond donors (Lipinski definition) is 2. The first-order valence-electron chi connectivity index (χ1n) is 6.02. The van der Waals surface area contributed by atoms with Crippen molar-refractivity contribution < 1.29 is 4.79 Å². The van der Waals surface area contributed by atoms with E-state index < -0.39 is 0 Å². The minimum absolute atomic E-state index is 0.00655. The number of hydrogen-bond acceptors (Lipinski definition) is 3. The summed E-state index contributed by atoms with van der Waals surface area (Å²) in [6, 6.07) is 1.64. The summed E-state index contributed by atoms with van der Waals surface area (Å²) < 4.78 is 0.677. The monoisotopic (exact) mass is 331 g/mol. The summed E-state index contributed by atoms with van der Waals surface area (Å²) in [5.41, 5.74) is 0.655. The highest BCUT2D eigenvalue weighted by molar-refractivity contribution is 9.10. The highest BCUT2D eigenvalue weighted by Crippen LogP contribution is 2.23. The molecule has 0 radical (unpaired) electrons. The zero-order valence-electron chi connectivity index (χ0n) is 9.88. The van der Waals surface area contributed by atoms with Crippen LogP contribution in [0.15, 0.2) is 16.7 Å². The van der Waals surface area contributed by atoms with Gasteiger partial charge in [-0.15, -0.1) is 0 Å². The zero-order valence-corrected chi connectivity index (χ0v) is 12.2. The molecule has 98 valence electrons. The van der Waals surface area contributed by atoms with Crippen molar-refractivity contribution in [3.63, 3.8) is 0 Å². The number of rotatable bonds is 2. The summed E-state index contributed by atoms with van der Waals surface area (Å²) in [6.07, 6.45) is 5.85. The van der Waals surface area contributed by atoms with Crippen molar-refractivity contribution >= 4 is 39.1 Å². The molecule has 1 amide bonds. The molecular weight excluding hydrogens is 318 g/mol. The second-order valence-corrected chi connectivity index (χ2v) is 5.55. The molecule has 2 rings (SSSR count). The molecule has 2 N–H and O–H groups in total. The van der Waals surface area contributed by atoms with E-state index in [9.17, 15) is 4.79 Å². The van der Waals surface area contributed by atoms with Gasteiger partial charge in [0.15, 0.2) is 0 Å². The first-order valence-corrected chi connectivity index (χ1v) is 7.19. The Morgan fingerprint density at radius 1 is 1.50 bits per heavy atom. The Bertz CT molecular complexity index is 433. The summed E-state index contributed by atoms with van der Waals surface area (Å²) in [7, 11) is 0. The molecular formula is C12H15BrClN3O. The van der Waals surface area contributed by atoms with Crippen LogP contribution in [-0.4, -0.2) is 23.5 Å². The summed E-state index contributed by atoms with van der Waals surface area (Å²) in [5, 5.41) is 6.50. The fourth-order valence-electron chi connectivity index (χ4n) is 1.97. The van der Waals surface area contributed by atoms with Gasteiger partial charge in [0.25, 0.3) is 0 Å². The molecule has 0 bridgehead atoms. The summed E-state index contributed by atoms with van der Waals surface area (Å²) >= 11 is 9.09. The summed E-state index contributed by atoms with van der Waals surface area (Å²) in [6.45, 7) is 0.903. The van der Waals surface area contributed by atoms with Crippen molar-refractivity contribution in [1.29, 1.82) is 0 Å². The smallest absolute Gasteiger partial charge is 0.241 e. The molecule has 4 nitrogen and oxygen atoms in total. The lowest BCUT2D eigenvalue weighted by molar-refractivity contribution is -0.118. The molecule has 1 aromatic rings. The van der Waals surface area contributed by atoms with Crippen molar-refractivity contribution in [2.75, 3.05) is 11.9 Å². The van der Waals surface area contributed by atoms with Gasteiger partial charge < -0.3 is 10.6 Å². The van der Waals surface area contributed by atoms with Crippen molar-refractivity contribution in [2.24, 2.45) is 0 Å². The molecule has 1 fully saturated rings. The van der Waals surface area contributed by atoms with Gasteiger partial charge in [0.05, 0.1) is 22.4 Å². The van der Waals surface area contributed by atoms with Crippen LogP contribution in [0.3, 0.4) is 0 Å². The van der Waals surface area contributed by atoms with E-state index in [4.69, 9.17) is 11.6 Å². The van der Waals surface area contributed by atoms with Crippen LogP contribution in [0.4, 0.5) is 5.69 Å². The minimum atomic E-state index is -0.109. The molecule has 1 aliphatic rings. The van der Waals surface area contributed by atoms with Crippen LogP contribution in [0, 0.1) is 0 Å². The SMILES string of the molecule is O=C(Nc1cnc(Cl)c(Br)c1)C1CCCCCN1. The van der Waals surface area contributed by atoms with E-state index in [1.165, 1.54) is 6.42 Å². The van der Waals surface area contributed by atoms with Crippen LogP contribution in [0.2, 0.25) is 5.15 Å². The number of nitrogens with one attached hydrogen (secondary N) is 2. The normalized spacial score (nSPS) is 20.2. The first-order chi connectivity index (χ1) is 8.66. The van der Waals surface area contributed by atoms with Crippen molar-refractivity contribution in [3.05, 3.63) is 21.9 Å². The summed E-state index contributed by atoms with van der Waals surface area (Å²) in [4.78, 5) is 16.0. The van der Waals surface area contributed by atoms with Crippen LogP contribution < -0.4 is 10.6 Å². The lowest BCUT2D eigenvalue weighted by atomic mass is 10.1. The van der Waals surface area contributed by atoms with Gasteiger partial charge in [0, 0.05) is 0 Å². The Labute approximate surface area is 120 Å². The number of halogens is 2. The van der Waals surface area contributed by atoms with Crippen molar-refractivity contribution in [1.82, 2.24) is 10.3 Å². The predicted octanol–water partition coefficient (Wildman–Crippen LogP) is 2.97. The average Bonchev–Trinajstić information content (AvgIpc) is 2.62. The summed E-state index contributed by atoms with van der Waals surface area (Å²) in [5.74, 6) is -0.00655. The molecule has 0 aromatic carbocycles. The maximum atomic E-state index is 12.1. The Hall–Kier alpha value is -0.650. The molecule has 0 aliphatic carbocycles. The Kier molecular flexibility index (Phi) is 4.97. The second kappa shape index (κ2) is 6.50. The van der Waals surface area contributed by atoms with Crippen LogP contribution in [0.25, 0.3) is 0 Å². The number of carbonyl (C=O) groups excluding carboxylic acids is 1. The van der Waals surface area contributed by atoms with Gasteiger partial charge in [-0.25, -0.2) is 4.98 Å². The minimum Gasteiger partial charge on any atom is -0.323 e. The van der Waals surface area contributed by atoms with E-state index in [-0.39, 0.29) is 11.9 Å². The third-order valence-electron chi connectivity index (χ3n) is 2.94. The predicted molar refractivity (Wildman–Crippen MR) is 75.8 cm³/mol. The van der Waals surface area contributed by atoms with E-state index in [1.807, 2.05) is 0 Å². The lowest BCUT2D eigenvalue weighted by Gasteiger charge is -2.15. The quantitative estimate of drug-likeness (QED) is 0.819. The Morgan fingerprint density at radius 2 is 2.33 bits per heavy atom. The van der Waals surface area contributed by atoms with Crippen LogP contribution in [0.5, 0.6) is 0 Å². The van der Waals surface area contributed by atoms with E-state index >= 15 is 0 Å². The molecule has 1 aromatic heterocycles. The second-order valence-electron chi connectivity index (χ2n) is 4.34. The van der Waals surface area contributed by atoms with Crippen LogP contribution in [0.1, 0.15) is 25.7 Å². The molecule has 6 heteroatoms. The largest absolute Gasteiger partial charge is 0.323 e. The van der Waals surface area contributed by atoms with Crippen molar-refractivity contribution in [3.8, 4) is 0 Å². The van der Waals surface area contributed by atoms with Gasteiger partial charge in [-0.05, 0) is 41.4 Å². The van der Waals surface area contributed by atoms with Crippen molar-refractivity contribution in [2.45, 2.75) is 31.7 Å². The zero-order chi connectivity index (χ0) is 13.0. The molecule has 0 spiro atoms. The third kappa shape index (κ3) is 3.67. The Balaban J connectivity index is 1.99. The van der Waals surface area contributed by atoms with Gasteiger partial charge in [-0.1, -0.05) is 24.4 Å². The molecule has 18 heavy (non-hydrogen) atoms. The topological polar surface area (TPSA) is 54.0 Å². The molecule has 1 aliphatic heterocycles. The van der Waals surface area contributed by atoms with Crippen LogP contribution in [-0.2, 0) is 4.79 Å². The number of aromatic nitrogens is 1. The Morgan fingerprint density at radius 3 is 3.11 bits per heavy atom. The van der Waals surface area contributed by atoms with E-state index in [2.05, 4.69) is 31.5 Å². The average molecular weight is 333 g/mol. The maximum Gasteiger partial charge on any atom is 0.241 e. The van der Waals surface area contributed by atoms with E-state index in [1.54, 1.807) is 12.3 Å². The maximum absolute atomic E-state index is 12.1. The first kappa shape index (κ1) is 13.8. The third-order valence-corrected chi connectivity index (χ3v) is 4.07. The van der Waals surface area contributed by atoms with Crippen LogP contribution >= 0.6 is 27.5 Å². The van der Waals surface area contributed by atoms with E-state index in [0.717, 1.165) is 25.8 Å². The van der Waals surface area contributed by atoms with E-state index in [0.29, 0.717) is 15.3 Å². The molecule has 1 unspecified atom stereocenters. The van der Waals surface area contributed by atoms with Gasteiger partial charge >= 0.3 is 0 Å². The standard InChI is InChI=1S/C12H15BrClN3O/c13-9-6-8(7-16-11(9)14)17-12(18)10-4-2-1-3-5-15-10/h6-7,10,15H,1-5H2,(H,17,18). The lowest BCUT2D eigenvalue weighted by Crippen LogP contribution is -2.39. The number of nitrogens with zero attached hydrogens (tertiary/aromatic N) is 1. The van der Waals surface area contributed by atoms with Gasteiger partial charge in [0.1, 0.15) is 5.15 Å². The highest BCUT2D eigenvalue weighted by Gasteiger charge is 2.19. The molecule has 2 heterocycles. The fourth-order valence-corrected chi connectivity index (χ4v) is 2.42. The van der Waals surface area contributed by atoms with Gasteiger partial charge in [-0.2, -0.15) is 0 Å². The molecule has 1 atom stereocenters. The number of anilines is 1.